The molecule has 0 saturated heterocycles. The van der Waals surface area contributed by atoms with Gasteiger partial charge >= 0.3 is 0 Å². The molecule has 0 atom stereocenters. The van der Waals surface area contributed by atoms with Crippen LogP contribution in [0.3, 0.4) is 0 Å². The fourth-order valence-electron chi connectivity index (χ4n) is 1.47. The maximum absolute atomic E-state index is 11.8. The number of methoxy groups -OCH3 is 1. The Morgan fingerprint density at radius 3 is 2.19 bits per heavy atom. The van der Waals surface area contributed by atoms with E-state index in [0.29, 0.717) is 11.3 Å². The van der Waals surface area contributed by atoms with E-state index in [9.17, 15) is 8.42 Å². The van der Waals surface area contributed by atoms with Crippen molar-refractivity contribution < 1.29 is 13.2 Å². The molecule has 4 nitrogen and oxygen atoms in total. The molecule has 2 N–H and O–H groups in total. The summed E-state index contributed by atoms with van der Waals surface area (Å²) in [6.45, 7) is 0. The summed E-state index contributed by atoms with van der Waals surface area (Å²) in [5.74, 6) is 0.681. The molecule has 1 aromatic rings. The van der Waals surface area contributed by atoms with E-state index in [2.05, 4.69) is 0 Å². The smallest absolute Gasteiger partial charge is 0.221 e. The summed E-state index contributed by atoms with van der Waals surface area (Å²) in [5, 5.41) is -0.113. The Bertz CT molecular complexity index is 568. The predicted octanol–water partition coefficient (Wildman–Crippen LogP) is 1.26. The Morgan fingerprint density at radius 1 is 1.12 bits per heavy atom. The number of allylic oxidation sites excluding steroid dienone is 2. The van der Waals surface area contributed by atoms with Gasteiger partial charge in [-0.25, -0.2) is 8.42 Å². The summed E-state index contributed by atoms with van der Waals surface area (Å²) >= 11 is 0. The van der Waals surface area contributed by atoms with Crippen LogP contribution in [0.2, 0.25) is 0 Å². The fraction of sp³-hybridized carbons (Fsp3) is 0.0909. The molecule has 1 aliphatic rings. The second-order valence-electron chi connectivity index (χ2n) is 3.33. The van der Waals surface area contributed by atoms with Gasteiger partial charge in [0.05, 0.1) is 12.0 Å². The van der Waals surface area contributed by atoms with Crippen molar-refractivity contribution in [1.82, 2.24) is 0 Å². The molecule has 0 aliphatic carbocycles. The monoisotopic (exact) mass is 237 g/mol. The third-order valence-electron chi connectivity index (χ3n) is 2.37. The van der Waals surface area contributed by atoms with Crippen LogP contribution in [0.1, 0.15) is 5.56 Å². The third kappa shape index (κ3) is 1.59. The third-order valence-corrected chi connectivity index (χ3v) is 4.08. The van der Waals surface area contributed by atoms with E-state index in [1.54, 1.807) is 31.4 Å². The zero-order chi connectivity index (χ0) is 11.8. The normalized spacial score (nSPS) is 17.8. The SMILES string of the molecule is COc1ccc(C2=CC=C(N)S2(=O)=O)cc1. The minimum absolute atomic E-state index is 0.113. The maximum Gasteiger partial charge on any atom is 0.221 e. The lowest BCUT2D eigenvalue weighted by Gasteiger charge is -2.05. The molecule has 0 bridgehead atoms. The lowest BCUT2D eigenvalue weighted by atomic mass is 10.2. The van der Waals surface area contributed by atoms with Gasteiger partial charge in [-0.05, 0) is 42.0 Å². The van der Waals surface area contributed by atoms with E-state index in [4.69, 9.17) is 10.5 Å². The van der Waals surface area contributed by atoms with Gasteiger partial charge in [0.1, 0.15) is 10.8 Å². The number of benzene rings is 1. The molecule has 0 spiro atoms. The van der Waals surface area contributed by atoms with E-state index in [1.165, 1.54) is 12.2 Å². The van der Waals surface area contributed by atoms with Crippen LogP contribution < -0.4 is 10.5 Å². The van der Waals surface area contributed by atoms with Gasteiger partial charge in [-0.15, -0.1) is 0 Å². The fourth-order valence-corrected chi connectivity index (χ4v) is 2.67. The Balaban J connectivity index is 2.41. The number of ether oxygens (including phenoxy) is 1. The second-order valence-corrected chi connectivity index (χ2v) is 5.25. The standard InChI is InChI=1S/C11H11NO3S/c1-15-9-4-2-8(3-5-9)10-6-7-11(12)16(10,13)14/h2-7H,12H2,1H3. The molecule has 0 saturated carbocycles. The summed E-state index contributed by atoms with van der Waals surface area (Å²) in [7, 11) is -1.92. The molecule has 0 radical (unpaired) electrons. The highest BCUT2D eigenvalue weighted by Gasteiger charge is 2.26. The summed E-state index contributed by atoms with van der Waals surface area (Å²) in [5.41, 5.74) is 6.00. The van der Waals surface area contributed by atoms with Crippen LogP contribution in [0.5, 0.6) is 5.75 Å². The lowest BCUT2D eigenvalue weighted by Crippen LogP contribution is -2.09. The first kappa shape index (κ1) is 10.8. The van der Waals surface area contributed by atoms with Gasteiger partial charge in [0.15, 0.2) is 0 Å². The Kier molecular flexibility index (Phi) is 2.47. The van der Waals surface area contributed by atoms with Gasteiger partial charge in [0.2, 0.25) is 9.84 Å². The first-order chi connectivity index (χ1) is 7.55. The van der Waals surface area contributed by atoms with Crippen molar-refractivity contribution in [3.05, 3.63) is 47.0 Å². The first-order valence-corrected chi connectivity index (χ1v) is 6.11. The van der Waals surface area contributed by atoms with E-state index in [0.717, 1.165) is 0 Å². The minimum Gasteiger partial charge on any atom is -0.497 e. The number of rotatable bonds is 2. The van der Waals surface area contributed by atoms with Crippen molar-refractivity contribution in [2.75, 3.05) is 7.11 Å². The molecule has 84 valence electrons. The average molecular weight is 237 g/mol. The molecular weight excluding hydrogens is 226 g/mol. The summed E-state index contributed by atoms with van der Waals surface area (Å²) < 4.78 is 28.5. The molecule has 1 heterocycles. The van der Waals surface area contributed by atoms with Gasteiger partial charge < -0.3 is 10.5 Å². The van der Waals surface area contributed by atoms with Gasteiger partial charge in [-0.2, -0.15) is 0 Å². The molecule has 0 amide bonds. The maximum atomic E-state index is 11.8. The second kappa shape index (κ2) is 3.68. The van der Waals surface area contributed by atoms with Crippen molar-refractivity contribution in [3.8, 4) is 5.75 Å². The molecular formula is C11H11NO3S. The number of hydrogen-bond donors (Lipinski definition) is 1. The Hall–Kier alpha value is -1.75. The first-order valence-electron chi connectivity index (χ1n) is 4.62. The van der Waals surface area contributed by atoms with E-state index >= 15 is 0 Å². The highest BCUT2D eigenvalue weighted by Crippen LogP contribution is 2.30. The number of sulfone groups is 1. The van der Waals surface area contributed by atoms with Gasteiger partial charge in [-0.1, -0.05) is 0 Å². The van der Waals surface area contributed by atoms with Crippen LogP contribution in [0.25, 0.3) is 4.91 Å². The number of nitrogens with two attached hydrogens (primary N) is 1. The topological polar surface area (TPSA) is 69.4 Å². The summed E-state index contributed by atoms with van der Waals surface area (Å²) in [4.78, 5) is 0.229. The van der Waals surface area contributed by atoms with Gasteiger partial charge in [0, 0.05) is 0 Å². The molecule has 0 aromatic heterocycles. The lowest BCUT2D eigenvalue weighted by molar-refractivity contribution is 0.415. The molecule has 16 heavy (non-hydrogen) atoms. The van der Waals surface area contributed by atoms with Crippen molar-refractivity contribution in [2.45, 2.75) is 0 Å². The highest BCUT2D eigenvalue weighted by atomic mass is 32.2. The molecule has 0 fully saturated rings. The summed E-state index contributed by atoms with van der Waals surface area (Å²) in [6, 6.07) is 6.80. The molecule has 1 aliphatic heterocycles. The van der Waals surface area contributed by atoms with Crippen LogP contribution in [0.4, 0.5) is 0 Å². The van der Waals surface area contributed by atoms with E-state index in [-0.39, 0.29) is 9.93 Å². The highest BCUT2D eigenvalue weighted by molar-refractivity contribution is 8.04. The number of hydrogen-bond acceptors (Lipinski definition) is 4. The van der Waals surface area contributed by atoms with E-state index < -0.39 is 9.84 Å². The minimum atomic E-state index is -3.48. The van der Waals surface area contributed by atoms with Crippen molar-refractivity contribution in [1.29, 1.82) is 0 Å². The molecule has 1 aromatic carbocycles. The van der Waals surface area contributed by atoms with Crippen molar-refractivity contribution >= 4 is 14.7 Å². The van der Waals surface area contributed by atoms with Crippen molar-refractivity contribution in [3.63, 3.8) is 0 Å². The largest absolute Gasteiger partial charge is 0.497 e. The Morgan fingerprint density at radius 2 is 1.75 bits per heavy atom. The van der Waals surface area contributed by atoms with Crippen LogP contribution in [-0.4, -0.2) is 15.5 Å². The average Bonchev–Trinajstić information content (AvgIpc) is 2.54. The van der Waals surface area contributed by atoms with Gasteiger partial charge in [-0.3, -0.25) is 0 Å². The van der Waals surface area contributed by atoms with E-state index in [1.807, 2.05) is 0 Å². The predicted molar refractivity (Wildman–Crippen MR) is 62.2 cm³/mol. The summed E-state index contributed by atoms with van der Waals surface area (Å²) in [6.07, 6.45) is 2.90. The Labute approximate surface area is 93.9 Å². The zero-order valence-electron chi connectivity index (χ0n) is 8.67. The molecule has 0 unspecified atom stereocenters. The van der Waals surface area contributed by atoms with Crippen LogP contribution in [-0.2, 0) is 9.84 Å². The zero-order valence-corrected chi connectivity index (χ0v) is 9.49. The molecule has 2 rings (SSSR count). The molecule has 5 heteroatoms. The van der Waals surface area contributed by atoms with Crippen molar-refractivity contribution in [2.24, 2.45) is 5.73 Å². The quantitative estimate of drug-likeness (QED) is 0.840. The van der Waals surface area contributed by atoms with Gasteiger partial charge in [0.25, 0.3) is 0 Å². The van der Waals surface area contributed by atoms with Crippen LogP contribution in [0, 0.1) is 0 Å². The van der Waals surface area contributed by atoms with Crippen LogP contribution in [0.15, 0.2) is 41.4 Å². The van der Waals surface area contributed by atoms with Crippen LogP contribution >= 0.6 is 0 Å².